The number of pyridine rings is 1. The van der Waals surface area contributed by atoms with Gasteiger partial charge in [0.15, 0.2) is 11.2 Å². The van der Waals surface area contributed by atoms with Crippen molar-refractivity contribution in [3.05, 3.63) is 48.2 Å². The standard InChI is InChI=1S/C16H12F4N2O2/c17-11-3-1-9(2-4-11)10-7-13-14(21-8-10)22-15(24-13)12(23)5-6-16(18,19)20/h1-4,7-8,12,23H,5-6H2. The smallest absolute Gasteiger partial charge is 0.389 e. The number of aromatic nitrogens is 2. The van der Waals surface area contributed by atoms with Crippen LogP contribution in [-0.2, 0) is 0 Å². The number of nitrogens with zero attached hydrogens (tertiary/aromatic N) is 2. The van der Waals surface area contributed by atoms with Crippen molar-refractivity contribution in [2.45, 2.75) is 25.1 Å². The van der Waals surface area contributed by atoms with Crippen LogP contribution in [0.5, 0.6) is 0 Å². The molecule has 126 valence electrons. The van der Waals surface area contributed by atoms with Gasteiger partial charge in [-0.15, -0.1) is 0 Å². The van der Waals surface area contributed by atoms with Crippen molar-refractivity contribution in [2.75, 3.05) is 0 Å². The lowest BCUT2D eigenvalue weighted by Crippen LogP contribution is -2.10. The van der Waals surface area contributed by atoms with E-state index in [0.29, 0.717) is 11.1 Å². The highest BCUT2D eigenvalue weighted by Crippen LogP contribution is 2.29. The molecular weight excluding hydrogens is 328 g/mol. The van der Waals surface area contributed by atoms with Gasteiger partial charge in [-0.25, -0.2) is 9.37 Å². The van der Waals surface area contributed by atoms with Crippen LogP contribution in [0.3, 0.4) is 0 Å². The van der Waals surface area contributed by atoms with Gasteiger partial charge in [0, 0.05) is 18.2 Å². The summed E-state index contributed by atoms with van der Waals surface area (Å²) in [6.07, 6.45) is -6.01. The van der Waals surface area contributed by atoms with E-state index in [1.165, 1.54) is 18.3 Å². The summed E-state index contributed by atoms with van der Waals surface area (Å²) in [5.74, 6) is -0.583. The molecule has 0 aliphatic rings. The third-order valence-electron chi connectivity index (χ3n) is 3.43. The molecule has 2 aromatic heterocycles. The van der Waals surface area contributed by atoms with Crippen LogP contribution in [-0.4, -0.2) is 21.3 Å². The summed E-state index contributed by atoms with van der Waals surface area (Å²) in [5, 5.41) is 9.78. The first-order valence-corrected chi connectivity index (χ1v) is 7.09. The van der Waals surface area contributed by atoms with Gasteiger partial charge in [0.2, 0.25) is 5.89 Å². The summed E-state index contributed by atoms with van der Waals surface area (Å²) >= 11 is 0. The molecule has 0 radical (unpaired) electrons. The van der Waals surface area contributed by atoms with Crippen LogP contribution in [0.15, 0.2) is 40.9 Å². The van der Waals surface area contributed by atoms with Crippen molar-refractivity contribution in [1.29, 1.82) is 0 Å². The number of hydrogen-bond acceptors (Lipinski definition) is 4. The Morgan fingerprint density at radius 1 is 1.12 bits per heavy atom. The molecule has 0 aliphatic heterocycles. The second kappa shape index (κ2) is 6.20. The molecular formula is C16H12F4N2O2. The largest absolute Gasteiger partial charge is 0.436 e. The summed E-state index contributed by atoms with van der Waals surface area (Å²) in [6.45, 7) is 0. The molecule has 0 fully saturated rings. The van der Waals surface area contributed by atoms with Crippen molar-refractivity contribution in [2.24, 2.45) is 0 Å². The van der Waals surface area contributed by atoms with E-state index in [1.54, 1.807) is 18.2 Å². The predicted octanol–water partition coefficient (Wildman–Crippen LogP) is 4.40. The number of aliphatic hydroxyl groups excluding tert-OH is 1. The molecule has 24 heavy (non-hydrogen) atoms. The van der Waals surface area contributed by atoms with Gasteiger partial charge in [0.1, 0.15) is 11.9 Å². The minimum Gasteiger partial charge on any atom is -0.436 e. The summed E-state index contributed by atoms with van der Waals surface area (Å²) in [4.78, 5) is 7.97. The number of fused-ring (bicyclic) bond motifs is 1. The van der Waals surface area contributed by atoms with Crippen LogP contribution >= 0.6 is 0 Å². The molecule has 3 aromatic rings. The van der Waals surface area contributed by atoms with Crippen LogP contribution in [0.4, 0.5) is 17.6 Å². The zero-order valence-electron chi connectivity index (χ0n) is 12.2. The second-order valence-corrected chi connectivity index (χ2v) is 5.27. The summed E-state index contributed by atoms with van der Waals surface area (Å²) in [5.41, 5.74) is 1.75. The highest BCUT2D eigenvalue weighted by atomic mass is 19.4. The van der Waals surface area contributed by atoms with E-state index in [-0.39, 0.29) is 22.9 Å². The number of rotatable bonds is 4. The lowest BCUT2D eigenvalue weighted by Gasteiger charge is -2.08. The van der Waals surface area contributed by atoms with Crippen LogP contribution in [0, 0.1) is 5.82 Å². The van der Waals surface area contributed by atoms with Gasteiger partial charge in [-0.3, -0.25) is 0 Å². The van der Waals surface area contributed by atoms with Crippen LogP contribution in [0.25, 0.3) is 22.4 Å². The van der Waals surface area contributed by atoms with Crippen LogP contribution in [0.2, 0.25) is 0 Å². The zero-order chi connectivity index (χ0) is 17.3. The molecule has 1 atom stereocenters. The molecule has 2 heterocycles. The van der Waals surface area contributed by atoms with Crippen LogP contribution in [0.1, 0.15) is 24.8 Å². The maximum atomic E-state index is 13.0. The molecule has 4 nitrogen and oxygen atoms in total. The van der Waals surface area contributed by atoms with Gasteiger partial charge in [-0.05, 0) is 30.2 Å². The van der Waals surface area contributed by atoms with E-state index in [1.807, 2.05) is 0 Å². The first-order valence-electron chi connectivity index (χ1n) is 7.09. The minimum atomic E-state index is -4.36. The molecule has 0 amide bonds. The van der Waals surface area contributed by atoms with Crippen LogP contribution < -0.4 is 0 Å². The molecule has 3 rings (SSSR count). The van der Waals surface area contributed by atoms with Gasteiger partial charge in [-0.2, -0.15) is 18.2 Å². The average molecular weight is 340 g/mol. The fourth-order valence-corrected chi connectivity index (χ4v) is 2.20. The van der Waals surface area contributed by atoms with E-state index in [2.05, 4.69) is 9.97 Å². The average Bonchev–Trinajstić information content (AvgIpc) is 2.95. The third-order valence-corrected chi connectivity index (χ3v) is 3.43. The second-order valence-electron chi connectivity index (χ2n) is 5.27. The number of aliphatic hydroxyl groups is 1. The van der Waals surface area contributed by atoms with Gasteiger partial charge < -0.3 is 9.52 Å². The minimum absolute atomic E-state index is 0.182. The molecule has 0 spiro atoms. The summed E-state index contributed by atoms with van der Waals surface area (Å²) in [6, 6.07) is 7.31. The molecule has 8 heteroatoms. The quantitative estimate of drug-likeness (QED) is 0.715. The lowest BCUT2D eigenvalue weighted by atomic mass is 10.1. The SMILES string of the molecule is OC(CCC(F)(F)F)c1nc2ncc(-c3ccc(F)cc3)cc2o1. The van der Waals surface area contributed by atoms with Gasteiger partial charge in [-0.1, -0.05) is 12.1 Å². The van der Waals surface area contributed by atoms with Gasteiger partial charge >= 0.3 is 6.18 Å². The highest BCUT2D eigenvalue weighted by molar-refractivity contribution is 5.76. The normalized spacial score (nSPS) is 13.4. The molecule has 0 saturated heterocycles. The van der Waals surface area contributed by atoms with Crippen molar-refractivity contribution >= 4 is 11.2 Å². The molecule has 1 aromatic carbocycles. The van der Waals surface area contributed by atoms with Crippen molar-refractivity contribution in [3.63, 3.8) is 0 Å². The van der Waals surface area contributed by atoms with E-state index in [9.17, 15) is 22.7 Å². The number of oxazole rings is 1. The Kier molecular flexibility index (Phi) is 4.23. The van der Waals surface area contributed by atoms with Crippen molar-refractivity contribution in [1.82, 2.24) is 9.97 Å². The van der Waals surface area contributed by atoms with Crippen molar-refractivity contribution < 1.29 is 27.1 Å². The lowest BCUT2D eigenvalue weighted by molar-refractivity contribution is -0.140. The molecule has 1 N–H and O–H groups in total. The maximum absolute atomic E-state index is 13.0. The molecule has 0 saturated carbocycles. The van der Waals surface area contributed by atoms with Gasteiger partial charge in [0.05, 0.1) is 0 Å². The number of halogens is 4. The Morgan fingerprint density at radius 2 is 1.83 bits per heavy atom. The fraction of sp³-hybridized carbons (Fsp3) is 0.250. The fourth-order valence-electron chi connectivity index (χ4n) is 2.20. The monoisotopic (exact) mass is 340 g/mol. The molecule has 0 bridgehead atoms. The maximum Gasteiger partial charge on any atom is 0.389 e. The third kappa shape index (κ3) is 3.70. The number of hydrogen-bond donors (Lipinski definition) is 1. The highest BCUT2D eigenvalue weighted by Gasteiger charge is 2.29. The Hall–Kier alpha value is -2.48. The number of alkyl halides is 3. The Bertz CT molecular complexity index is 843. The zero-order valence-corrected chi connectivity index (χ0v) is 12.2. The van der Waals surface area contributed by atoms with E-state index < -0.39 is 25.1 Å². The molecule has 0 aliphatic carbocycles. The first-order chi connectivity index (χ1) is 11.3. The first kappa shape index (κ1) is 16.4. The Morgan fingerprint density at radius 3 is 2.50 bits per heavy atom. The molecule has 1 unspecified atom stereocenters. The Balaban J connectivity index is 1.85. The van der Waals surface area contributed by atoms with Crippen molar-refractivity contribution in [3.8, 4) is 11.1 Å². The number of benzene rings is 1. The predicted molar refractivity (Wildman–Crippen MR) is 77.4 cm³/mol. The Labute approximate surface area is 133 Å². The topological polar surface area (TPSA) is 59.2 Å². The van der Waals surface area contributed by atoms with Gasteiger partial charge in [0.25, 0.3) is 0 Å². The van der Waals surface area contributed by atoms with E-state index in [4.69, 9.17) is 4.42 Å². The van der Waals surface area contributed by atoms with E-state index >= 15 is 0 Å². The van der Waals surface area contributed by atoms with E-state index in [0.717, 1.165) is 0 Å². The summed E-state index contributed by atoms with van der Waals surface area (Å²) < 4.78 is 54.9. The summed E-state index contributed by atoms with van der Waals surface area (Å²) in [7, 11) is 0.